The zero-order chi connectivity index (χ0) is 28.5. The number of ether oxygens (including phenoxy) is 1. The first-order valence-corrected chi connectivity index (χ1v) is 15.4. The lowest BCUT2D eigenvalue weighted by molar-refractivity contribution is 0.0726. The number of imidazole rings is 1. The number of likely N-dealkylation sites (tertiary alicyclic amines) is 1. The van der Waals surface area contributed by atoms with Crippen LogP contribution in [0, 0.1) is 5.92 Å². The number of hydrogen-bond acceptors (Lipinski definition) is 5. The fourth-order valence-electron chi connectivity index (χ4n) is 6.50. The molecule has 0 atom stereocenters. The van der Waals surface area contributed by atoms with Crippen LogP contribution in [-0.2, 0) is 4.74 Å². The summed E-state index contributed by atoms with van der Waals surface area (Å²) in [5.41, 5.74) is 5.45. The maximum Gasteiger partial charge on any atom is 0.409 e. The summed E-state index contributed by atoms with van der Waals surface area (Å²) in [6, 6.07) is 20.6. The van der Waals surface area contributed by atoms with Crippen LogP contribution in [0.1, 0.15) is 56.7 Å². The minimum atomic E-state index is -0.182. The molecule has 7 nitrogen and oxygen atoms in total. The molecule has 0 N–H and O–H groups in total. The number of fused-ring (bicyclic) bond motifs is 2. The molecule has 0 spiro atoms. The molecule has 0 unspecified atom stereocenters. The first kappa shape index (κ1) is 26.9. The number of nitrogens with zero attached hydrogens (tertiary/aromatic N) is 5. The third kappa shape index (κ3) is 5.34. The van der Waals surface area contributed by atoms with Gasteiger partial charge in [0.15, 0.2) is 5.15 Å². The van der Waals surface area contributed by atoms with Gasteiger partial charge in [0.05, 0.1) is 23.5 Å². The van der Waals surface area contributed by atoms with E-state index in [4.69, 9.17) is 26.3 Å². The van der Waals surface area contributed by atoms with Gasteiger partial charge in [0.2, 0.25) is 0 Å². The first-order valence-electron chi connectivity index (χ1n) is 15.0. The molecule has 1 aliphatic carbocycles. The van der Waals surface area contributed by atoms with Gasteiger partial charge in [0, 0.05) is 47.9 Å². The molecular formula is C34H34ClN5O2. The Morgan fingerprint density at radius 2 is 1.69 bits per heavy atom. The highest BCUT2D eigenvalue weighted by atomic mass is 35.5. The Hall–Kier alpha value is -3.97. The molecule has 214 valence electrons. The lowest BCUT2D eigenvalue weighted by atomic mass is 9.90. The van der Waals surface area contributed by atoms with Gasteiger partial charge in [-0.1, -0.05) is 79.4 Å². The molecule has 7 rings (SSSR count). The zero-order valence-corrected chi connectivity index (χ0v) is 24.3. The molecule has 8 heteroatoms. The van der Waals surface area contributed by atoms with Crippen LogP contribution in [0.15, 0.2) is 73.1 Å². The van der Waals surface area contributed by atoms with Crippen molar-refractivity contribution in [2.75, 3.05) is 19.7 Å². The van der Waals surface area contributed by atoms with Crippen molar-refractivity contribution in [1.82, 2.24) is 24.3 Å². The van der Waals surface area contributed by atoms with Crippen LogP contribution in [0.3, 0.4) is 0 Å². The molecule has 1 amide bonds. The monoisotopic (exact) mass is 579 g/mol. The van der Waals surface area contributed by atoms with Gasteiger partial charge in [-0.2, -0.15) is 0 Å². The Bertz CT molecular complexity index is 1720. The number of carbonyl (C=O) groups excluding carboxylic acids is 1. The standard InChI is InChI=1S/C34H34ClN5O2/c35-32-31-30(27-12-11-25-13-14-28(37-29(25)21-27)24-9-5-2-6-10-24)38-33(40(31)20-17-36-32)26-15-18-39(19-16-26)34(41)42-22-23-7-3-1-4-8-23/h2,5-6,9-14,17,20-21,23,26H,1,3-4,7-8,15-16,18-19,22H2. The van der Waals surface area contributed by atoms with Crippen LogP contribution >= 0.6 is 11.6 Å². The Morgan fingerprint density at radius 1 is 0.905 bits per heavy atom. The Labute approximate surface area is 250 Å². The van der Waals surface area contributed by atoms with Crippen molar-refractivity contribution < 1.29 is 9.53 Å². The first-order chi connectivity index (χ1) is 20.6. The van der Waals surface area contributed by atoms with Crippen molar-refractivity contribution in [2.24, 2.45) is 5.92 Å². The number of hydrogen-bond donors (Lipinski definition) is 0. The number of benzene rings is 2. The molecule has 42 heavy (non-hydrogen) atoms. The molecule has 0 bridgehead atoms. The summed E-state index contributed by atoms with van der Waals surface area (Å²) in [7, 11) is 0. The third-order valence-corrected chi connectivity index (χ3v) is 9.13. The van der Waals surface area contributed by atoms with E-state index in [0.717, 1.165) is 57.6 Å². The van der Waals surface area contributed by atoms with Crippen molar-refractivity contribution >= 4 is 34.1 Å². The molecule has 4 heterocycles. The van der Waals surface area contributed by atoms with Crippen molar-refractivity contribution in [1.29, 1.82) is 0 Å². The van der Waals surface area contributed by atoms with Crippen molar-refractivity contribution in [2.45, 2.75) is 50.9 Å². The van der Waals surface area contributed by atoms with Crippen LogP contribution in [0.25, 0.3) is 38.9 Å². The van der Waals surface area contributed by atoms with E-state index in [9.17, 15) is 4.79 Å². The summed E-state index contributed by atoms with van der Waals surface area (Å²) in [5.74, 6) is 1.66. The number of piperidine rings is 1. The Morgan fingerprint density at radius 3 is 2.50 bits per heavy atom. The molecule has 3 aromatic heterocycles. The second kappa shape index (κ2) is 11.7. The van der Waals surface area contributed by atoms with Gasteiger partial charge in [-0.25, -0.2) is 19.7 Å². The molecule has 0 radical (unpaired) electrons. The van der Waals surface area contributed by atoms with Gasteiger partial charge in [-0.05, 0) is 43.7 Å². The fourth-order valence-corrected chi connectivity index (χ4v) is 6.74. The smallest absolute Gasteiger partial charge is 0.409 e. The second-order valence-electron chi connectivity index (χ2n) is 11.6. The average molecular weight is 580 g/mol. The molecule has 1 saturated heterocycles. The average Bonchev–Trinajstić information content (AvgIpc) is 3.45. The Balaban J connectivity index is 1.14. The number of pyridine rings is 1. The van der Waals surface area contributed by atoms with E-state index in [2.05, 4.69) is 51.8 Å². The highest BCUT2D eigenvalue weighted by Gasteiger charge is 2.29. The normalized spacial score (nSPS) is 16.7. The molecule has 1 aliphatic heterocycles. The second-order valence-corrected chi connectivity index (χ2v) is 11.9. The highest BCUT2D eigenvalue weighted by molar-refractivity contribution is 6.33. The quantitative estimate of drug-likeness (QED) is 0.210. The maximum atomic E-state index is 12.8. The van der Waals surface area contributed by atoms with Crippen molar-refractivity contribution in [3.8, 4) is 22.5 Å². The van der Waals surface area contributed by atoms with Gasteiger partial charge < -0.3 is 9.64 Å². The number of halogens is 1. The predicted octanol–water partition coefficient (Wildman–Crippen LogP) is 8.16. The van der Waals surface area contributed by atoms with Gasteiger partial charge >= 0.3 is 6.09 Å². The van der Waals surface area contributed by atoms with Crippen LogP contribution in [0.5, 0.6) is 0 Å². The van der Waals surface area contributed by atoms with Crippen LogP contribution < -0.4 is 0 Å². The summed E-state index contributed by atoms with van der Waals surface area (Å²) in [4.78, 5) is 29.2. The largest absolute Gasteiger partial charge is 0.449 e. The molecule has 2 aliphatic rings. The third-order valence-electron chi connectivity index (χ3n) is 8.86. The van der Waals surface area contributed by atoms with E-state index in [-0.39, 0.29) is 12.0 Å². The predicted molar refractivity (Wildman–Crippen MR) is 166 cm³/mol. The minimum Gasteiger partial charge on any atom is -0.449 e. The topological polar surface area (TPSA) is 72.6 Å². The number of rotatable bonds is 5. The van der Waals surface area contributed by atoms with E-state index < -0.39 is 0 Å². The Kier molecular flexibility index (Phi) is 7.51. The molecular weight excluding hydrogens is 546 g/mol. The number of carbonyl (C=O) groups is 1. The maximum absolute atomic E-state index is 12.8. The highest BCUT2D eigenvalue weighted by Crippen LogP contribution is 2.36. The van der Waals surface area contributed by atoms with Gasteiger partial charge in [-0.15, -0.1) is 0 Å². The summed E-state index contributed by atoms with van der Waals surface area (Å²) in [5, 5.41) is 1.48. The lowest BCUT2D eigenvalue weighted by Gasteiger charge is -2.31. The molecule has 1 saturated carbocycles. The lowest BCUT2D eigenvalue weighted by Crippen LogP contribution is -2.39. The number of aromatic nitrogens is 4. The van der Waals surface area contributed by atoms with E-state index >= 15 is 0 Å². The van der Waals surface area contributed by atoms with Crippen LogP contribution in [0.4, 0.5) is 4.79 Å². The van der Waals surface area contributed by atoms with Gasteiger partial charge in [-0.3, -0.25) is 4.40 Å². The van der Waals surface area contributed by atoms with Crippen molar-refractivity contribution in [3.05, 3.63) is 84.0 Å². The summed E-state index contributed by atoms with van der Waals surface area (Å²) in [6.45, 7) is 1.85. The molecule has 5 aromatic rings. The SMILES string of the molecule is O=C(OCC1CCCCC1)N1CCC(c2nc(-c3ccc4ccc(-c5ccccc5)nc4c3)c3c(Cl)nccn23)CC1. The summed E-state index contributed by atoms with van der Waals surface area (Å²) in [6.07, 6.45) is 11.2. The summed E-state index contributed by atoms with van der Waals surface area (Å²) >= 11 is 6.69. The van der Waals surface area contributed by atoms with E-state index in [1.807, 2.05) is 29.3 Å². The van der Waals surface area contributed by atoms with E-state index in [0.29, 0.717) is 30.8 Å². The summed E-state index contributed by atoms with van der Waals surface area (Å²) < 4.78 is 7.79. The van der Waals surface area contributed by atoms with Gasteiger partial charge in [0.25, 0.3) is 0 Å². The zero-order valence-electron chi connectivity index (χ0n) is 23.6. The minimum absolute atomic E-state index is 0.182. The van der Waals surface area contributed by atoms with E-state index in [1.54, 1.807) is 6.20 Å². The van der Waals surface area contributed by atoms with Gasteiger partial charge in [0.1, 0.15) is 11.3 Å². The molecule has 2 fully saturated rings. The van der Waals surface area contributed by atoms with Crippen LogP contribution in [-0.4, -0.2) is 50.0 Å². The molecule has 2 aromatic carbocycles. The van der Waals surface area contributed by atoms with Crippen molar-refractivity contribution in [3.63, 3.8) is 0 Å². The van der Waals surface area contributed by atoms with Crippen LogP contribution in [0.2, 0.25) is 5.15 Å². The fraction of sp³-hybridized carbons (Fsp3) is 0.353. The van der Waals surface area contributed by atoms with E-state index in [1.165, 1.54) is 32.1 Å². The number of amides is 1.